The lowest BCUT2D eigenvalue weighted by Crippen LogP contribution is -2.36. The number of amides is 1. The molecule has 142 valence electrons. The van der Waals surface area contributed by atoms with Gasteiger partial charge in [-0.25, -0.2) is 0 Å². The second-order valence-electron chi connectivity index (χ2n) is 6.22. The number of nitriles is 1. The zero-order chi connectivity index (χ0) is 20.3. The molecule has 0 spiro atoms. The van der Waals surface area contributed by atoms with Crippen molar-refractivity contribution in [2.24, 2.45) is 0 Å². The summed E-state index contributed by atoms with van der Waals surface area (Å²) in [6, 6.07) is 10.2. The summed E-state index contributed by atoms with van der Waals surface area (Å²) < 4.78 is 1.71. The van der Waals surface area contributed by atoms with Crippen molar-refractivity contribution in [1.29, 1.82) is 5.26 Å². The standard InChI is InChI=1S/C19H17ClN6O2/c1-11(22-19(28)18-8-17(12(2)27)23-24-18)10-26-6-5-16(25-26)13-3-4-14(9-21)15(20)7-13/h3-8,11,27H,2,10H2,1H3,(H,22,28)(H,23,24)/t11-/m0/s1. The van der Waals surface area contributed by atoms with Crippen LogP contribution in [0.3, 0.4) is 0 Å². The molecular formula is C19H17ClN6O2. The van der Waals surface area contributed by atoms with Crippen molar-refractivity contribution in [3.05, 3.63) is 65.1 Å². The highest BCUT2D eigenvalue weighted by atomic mass is 35.5. The third-order valence-corrected chi connectivity index (χ3v) is 4.30. The second-order valence-corrected chi connectivity index (χ2v) is 6.62. The van der Waals surface area contributed by atoms with Crippen molar-refractivity contribution < 1.29 is 9.90 Å². The van der Waals surface area contributed by atoms with Gasteiger partial charge in [0, 0.05) is 23.9 Å². The van der Waals surface area contributed by atoms with Crippen molar-refractivity contribution in [3.8, 4) is 17.3 Å². The topological polar surface area (TPSA) is 120 Å². The SMILES string of the molecule is C=C(O)c1cc(C(=O)N[C@@H](C)Cn2ccc(-c3ccc(C#N)c(Cl)c3)n2)n[nH]1. The van der Waals surface area contributed by atoms with Crippen molar-refractivity contribution in [1.82, 2.24) is 25.3 Å². The molecule has 9 heteroatoms. The van der Waals surface area contributed by atoms with Crippen LogP contribution in [-0.2, 0) is 6.54 Å². The Morgan fingerprint density at radius 3 is 2.89 bits per heavy atom. The van der Waals surface area contributed by atoms with Crippen molar-refractivity contribution in [2.45, 2.75) is 19.5 Å². The van der Waals surface area contributed by atoms with Gasteiger partial charge in [-0.05, 0) is 25.1 Å². The number of aromatic nitrogens is 4. The summed E-state index contributed by atoms with van der Waals surface area (Å²) in [7, 11) is 0. The summed E-state index contributed by atoms with van der Waals surface area (Å²) >= 11 is 6.07. The van der Waals surface area contributed by atoms with Gasteiger partial charge in [0.2, 0.25) is 0 Å². The molecular weight excluding hydrogens is 380 g/mol. The Morgan fingerprint density at radius 2 is 2.25 bits per heavy atom. The quantitative estimate of drug-likeness (QED) is 0.553. The maximum absolute atomic E-state index is 12.2. The summed E-state index contributed by atoms with van der Waals surface area (Å²) in [4.78, 5) is 12.2. The largest absolute Gasteiger partial charge is 0.506 e. The number of aliphatic hydroxyl groups is 1. The Hall–Kier alpha value is -3.57. The second kappa shape index (κ2) is 7.98. The maximum atomic E-state index is 12.2. The van der Waals surface area contributed by atoms with E-state index in [4.69, 9.17) is 16.9 Å². The zero-order valence-corrected chi connectivity index (χ0v) is 15.7. The van der Waals surface area contributed by atoms with E-state index in [0.717, 1.165) is 5.56 Å². The lowest BCUT2D eigenvalue weighted by Gasteiger charge is -2.13. The van der Waals surface area contributed by atoms with Crippen LogP contribution < -0.4 is 5.32 Å². The Bertz CT molecular complexity index is 1080. The molecule has 8 nitrogen and oxygen atoms in total. The van der Waals surface area contributed by atoms with Crippen LogP contribution in [0, 0.1) is 11.3 Å². The molecule has 1 amide bonds. The fraction of sp³-hybridized carbons (Fsp3) is 0.158. The predicted molar refractivity (Wildman–Crippen MR) is 105 cm³/mol. The lowest BCUT2D eigenvalue weighted by atomic mass is 10.1. The fourth-order valence-electron chi connectivity index (χ4n) is 2.59. The monoisotopic (exact) mass is 396 g/mol. The van der Waals surface area contributed by atoms with Gasteiger partial charge in [-0.2, -0.15) is 15.5 Å². The average Bonchev–Trinajstić information content (AvgIpc) is 3.31. The van der Waals surface area contributed by atoms with Gasteiger partial charge in [-0.15, -0.1) is 0 Å². The third-order valence-electron chi connectivity index (χ3n) is 3.99. The highest BCUT2D eigenvalue weighted by Crippen LogP contribution is 2.24. The highest BCUT2D eigenvalue weighted by Gasteiger charge is 2.15. The maximum Gasteiger partial charge on any atom is 0.272 e. The van der Waals surface area contributed by atoms with E-state index in [1.807, 2.05) is 19.1 Å². The Morgan fingerprint density at radius 1 is 1.46 bits per heavy atom. The van der Waals surface area contributed by atoms with Crippen LogP contribution in [-0.4, -0.2) is 37.0 Å². The van der Waals surface area contributed by atoms with E-state index >= 15 is 0 Å². The summed E-state index contributed by atoms with van der Waals surface area (Å²) in [5, 5.41) is 32.3. The normalized spacial score (nSPS) is 11.6. The molecule has 3 rings (SSSR count). The van der Waals surface area contributed by atoms with Gasteiger partial charge in [0.25, 0.3) is 5.91 Å². The number of benzene rings is 1. The number of halogens is 1. The minimum atomic E-state index is -0.373. The van der Waals surface area contributed by atoms with Crippen LogP contribution in [0.15, 0.2) is 43.1 Å². The van der Waals surface area contributed by atoms with Crippen LogP contribution >= 0.6 is 11.6 Å². The molecule has 0 saturated carbocycles. The number of carbonyl (C=O) groups is 1. The van der Waals surface area contributed by atoms with E-state index in [9.17, 15) is 9.90 Å². The number of hydrogen-bond donors (Lipinski definition) is 3. The number of hydrogen-bond acceptors (Lipinski definition) is 5. The molecule has 3 N–H and O–H groups in total. The van der Waals surface area contributed by atoms with E-state index in [1.165, 1.54) is 6.07 Å². The summed E-state index contributed by atoms with van der Waals surface area (Å²) in [5.41, 5.74) is 2.37. The van der Waals surface area contributed by atoms with E-state index in [-0.39, 0.29) is 29.1 Å². The van der Waals surface area contributed by atoms with Crippen molar-refractivity contribution >= 4 is 23.3 Å². The molecule has 0 unspecified atom stereocenters. The van der Waals surface area contributed by atoms with Gasteiger partial charge in [0.1, 0.15) is 11.8 Å². The third kappa shape index (κ3) is 4.22. The number of carbonyl (C=O) groups excluding carboxylic acids is 1. The molecule has 0 aliphatic carbocycles. The van der Waals surface area contributed by atoms with Crippen LogP contribution in [0.5, 0.6) is 0 Å². The molecule has 0 fully saturated rings. The Labute approximate surface area is 166 Å². The Balaban J connectivity index is 1.64. The molecule has 0 aliphatic heterocycles. The zero-order valence-electron chi connectivity index (χ0n) is 15.0. The summed E-state index contributed by atoms with van der Waals surface area (Å²) in [6.45, 7) is 5.66. The van der Waals surface area contributed by atoms with Crippen LogP contribution in [0.1, 0.15) is 28.7 Å². The first-order chi connectivity index (χ1) is 13.4. The van der Waals surface area contributed by atoms with E-state index in [1.54, 1.807) is 29.1 Å². The van der Waals surface area contributed by atoms with Gasteiger partial charge in [-0.1, -0.05) is 24.2 Å². The lowest BCUT2D eigenvalue weighted by molar-refractivity contribution is 0.0931. The molecule has 0 aliphatic rings. The molecule has 1 aromatic carbocycles. The molecule has 28 heavy (non-hydrogen) atoms. The van der Waals surface area contributed by atoms with Gasteiger partial charge in [0.15, 0.2) is 5.69 Å². The number of nitrogens with one attached hydrogen (secondary N) is 2. The van der Waals surface area contributed by atoms with Crippen molar-refractivity contribution in [3.63, 3.8) is 0 Å². The minimum Gasteiger partial charge on any atom is -0.506 e. The van der Waals surface area contributed by atoms with E-state index in [0.29, 0.717) is 22.8 Å². The number of H-pyrrole nitrogens is 1. The average molecular weight is 397 g/mol. The minimum absolute atomic E-state index is 0.158. The van der Waals surface area contributed by atoms with Gasteiger partial charge in [0.05, 0.1) is 28.5 Å². The molecule has 2 heterocycles. The first-order valence-corrected chi connectivity index (χ1v) is 8.73. The fourth-order valence-corrected chi connectivity index (χ4v) is 2.82. The highest BCUT2D eigenvalue weighted by molar-refractivity contribution is 6.32. The number of aliphatic hydroxyl groups excluding tert-OH is 1. The molecule has 2 aromatic heterocycles. The summed E-state index contributed by atoms with van der Waals surface area (Å²) in [5.74, 6) is -0.561. The van der Waals surface area contributed by atoms with Crippen LogP contribution in [0.2, 0.25) is 5.02 Å². The van der Waals surface area contributed by atoms with Gasteiger partial charge < -0.3 is 10.4 Å². The summed E-state index contributed by atoms with van der Waals surface area (Å²) in [6.07, 6.45) is 1.80. The van der Waals surface area contributed by atoms with Crippen LogP contribution in [0.25, 0.3) is 17.0 Å². The van der Waals surface area contributed by atoms with Gasteiger partial charge >= 0.3 is 0 Å². The number of nitrogens with zero attached hydrogens (tertiary/aromatic N) is 4. The number of aromatic amines is 1. The molecule has 0 bridgehead atoms. The first-order valence-electron chi connectivity index (χ1n) is 8.35. The van der Waals surface area contributed by atoms with E-state index < -0.39 is 0 Å². The predicted octanol–water partition coefficient (Wildman–Crippen LogP) is 3.15. The van der Waals surface area contributed by atoms with E-state index in [2.05, 4.69) is 27.2 Å². The smallest absolute Gasteiger partial charge is 0.272 e. The molecule has 3 aromatic rings. The number of rotatable bonds is 6. The Kier molecular flexibility index (Phi) is 5.47. The first kappa shape index (κ1) is 19.2. The molecule has 1 atom stereocenters. The van der Waals surface area contributed by atoms with Gasteiger partial charge in [-0.3, -0.25) is 14.6 Å². The molecule has 0 radical (unpaired) electrons. The van der Waals surface area contributed by atoms with Crippen molar-refractivity contribution in [2.75, 3.05) is 0 Å². The molecule has 0 saturated heterocycles. The van der Waals surface area contributed by atoms with Crippen LogP contribution in [0.4, 0.5) is 0 Å².